The molecule has 0 aliphatic carbocycles. The van der Waals surface area contributed by atoms with Gasteiger partial charge in [-0.15, -0.1) is 0 Å². The minimum Gasteiger partial charge on any atom is -0.504 e. The molecule has 184 valence electrons. The van der Waals surface area contributed by atoms with Gasteiger partial charge in [-0.3, -0.25) is 4.79 Å². The summed E-state index contributed by atoms with van der Waals surface area (Å²) in [5.41, 5.74) is 3.16. The monoisotopic (exact) mass is 491 g/mol. The summed E-state index contributed by atoms with van der Waals surface area (Å²) in [4.78, 5) is 12.6. The number of phenols is 1. The maximum atomic E-state index is 13.0. The van der Waals surface area contributed by atoms with Gasteiger partial charge in [0.2, 0.25) is 15.9 Å². The highest BCUT2D eigenvalue weighted by molar-refractivity contribution is 7.89. The molecule has 0 saturated carbocycles. The van der Waals surface area contributed by atoms with E-state index in [4.69, 9.17) is 14.2 Å². The highest BCUT2D eigenvalue weighted by Crippen LogP contribution is 2.32. The van der Waals surface area contributed by atoms with Gasteiger partial charge in [0.25, 0.3) is 0 Å². The molecule has 0 radical (unpaired) electrons. The number of nitrogens with zero attached hydrogens (tertiary/aromatic N) is 2. The number of hydrazone groups is 1. The van der Waals surface area contributed by atoms with Gasteiger partial charge in [-0.05, 0) is 55.7 Å². The topological polar surface area (TPSA) is 127 Å². The number of phenolic OH excluding ortho intramolecular Hbond substituents is 1. The summed E-state index contributed by atoms with van der Waals surface area (Å²) in [6.45, 7) is 2.65. The number of piperidine rings is 1. The lowest BCUT2D eigenvalue weighted by atomic mass is 9.98. The van der Waals surface area contributed by atoms with E-state index in [-0.39, 0.29) is 35.6 Å². The Morgan fingerprint density at radius 3 is 2.47 bits per heavy atom. The second-order valence-electron chi connectivity index (χ2n) is 7.59. The molecule has 11 heteroatoms. The van der Waals surface area contributed by atoms with E-state index in [9.17, 15) is 18.3 Å². The van der Waals surface area contributed by atoms with Crippen LogP contribution in [0.3, 0.4) is 0 Å². The standard InChI is InChI=1S/C23H29N3O7S/c1-4-33-21-13-16(5-7-19(21)27)15-24-25-23(28)17-9-11-26(12-10-17)34(29,30)18-6-8-20(31-2)22(14-18)32-3/h5-8,13-15,17,27H,4,9-12H2,1-3H3,(H,25,28)/b24-15-. The quantitative estimate of drug-likeness (QED) is 0.407. The first-order valence-corrected chi connectivity index (χ1v) is 12.2. The Balaban J connectivity index is 1.57. The van der Waals surface area contributed by atoms with Gasteiger partial charge in [0.1, 0.15) is 0 Å². The van der Waals surface area contributed by atoms with Crippen LogP contribution in [0.15, 0.2) is 46.4 Å². The number of nitrogens with one attached hydrogen (secondary N) is 1. The molecule has 10 nitrogen and oxygen atoms in total. The number of carbonyl (C=O) groups is 1. The van der Waals surface area contributed by atoms with Gasteiger partial charge >= 0.3 is 0 Å². The summed E-state index contributed by atoms with van der Waals surface area (Å²) in [5, 5.41) is 13.7. The SMILES string of the molecule is CCOc1cc(/C=N\NC(=O)C2CCN(S(=O)(=O)c3ccc(OC)c(OC)c3)CC2)ccc1O. The van der Waals surface area contributed by atoms with E-state index in [1.54, 1.807) is 18.2 Å². The Kier molecular flexibility index (Phi) is 8.35. The predicted molar refractivity (Wildman–Crippen MR) is 126 cm³/mol. The van der Waals surface area contributed by atoms with Crippen LogP contribution in [0.5, 0.6) is 23.0 Å². The minimum atomic E-state index is -3.73. The molecule has 0 aromatic heterocycles. The molecule has 2 aromatic carbocycles. The van der Waals surface area contributed by atoms with Crippen molar-refractivity contribution in [1.29, 1.82) is 0 Å². The highest BCUT2D eigenvalue weighted by atomic mass is 32.2. The fourth-order valence-corrected chi connectivity index (χ4v) is 5.11. The van der Waals surface area contributed by atoms with Crippen LogP contribution in [-0.4, -0.2) is 63.9 Å². The minimum absolute atomic E-state index is 0.0258. The number of aromatic hydroxyl groups is 1. The normalized spacial score (nSPS) is 15.3. The van der Waals surface area contributed by atoms with Crippen molar-refractivity contribution in [2.45, 2.75) is 24.7 Å². The lowest BCUT2D eigenvalue weighted by Gasteiger charge is -2.30. The van der Waals surface area contributed by atoms with Gasteiger partial charge in [-0.2, -0.15) is 9.41 Å². The average molecular weight is 492 g/mol. The van der Waals surface area contributed by atoms with Crippen molar-refractivity contribution < 1.29 is 32.5 Å². The summed E-state index contributed by atoms with van der Waals surface area (Å²) >= 11 is 0. The van der Waals surface area contributed by atoms with Gasteiger partial charge in [-0.25, -0.2) is 13.8 Å². The first-order chi connectivity index (χ1) is 16.3. The third kappa shape index (κ3) is 5.78. The van der Waals surface area contributed by atoms with Gasteiger partial charge in [-0.1, -0.05) is 0 Å². The smallest absolute Gasteiger partial charge is 0.243 e. The van der Waals surface area contributed by atoms with Gasteiger partial charge in [0.05, 0.1) is 31.9 Å². The van der Waals surface area contributed by atoms with Crippen LogP contribution in [0.4, 0.5) is 0 Å². The van der Waals surface area contributed by atoms with Crippen molar-refractivity contribution in [2.24, 2.45) is 11.0 Å². The Bertz CT molecular complexity index is 1140. The second kappa shape index (κ2) is 11.2. The average Bonchev–Trinajstić information content (AvgIpc) is 2.85. The zero-order valence-corrected chi connectivity index (χ0v) is 20.2. The van der Waals surface area contributed by atoms with Crippen LogP contribution >= 0.6 is 0 Å². The molecular weight excluding hydrogens is 462 g/mol. The van der Waals surface area contributed by atoms with E-state index >= 15 is 0 Å². The molecule has 1 aliphatic rings. The van der Waals surface area contributed by atoms with Crippen molar-refractivity contribution in [1.82, 2.24) is 9.73 Å². The first kappa shape index (κ1) is 25.3. The van der Waals surface area contributed by atoms with Crippen LogP contribution in [0.2, 0.25) is 0 Å². The van der Waals surface area contributed by atoms with Crippen molar-refractivity contribution in [2.75, 3.05) is 33.9 Å². The molecule has 34 heavy (non-hydrogen) atoms. The number of methoxy groups -OCH3 is 2. The molecule has 2 N–H and O–H groups in total. The first-order valence-electron chi connectivity index (χ1n) is 10.8. The molecule has 0 spiro atoms. The Morgan fingerprint density at radius 1 is 1.12 bits per heavy atom. The van der Waals surface area contributed by atoms with Gasteiger partial charge in [0.15, 0.2) is 23.0 Å². The van der Waals surface area contributed by atoms with Crippen LogP contribution in [0.1, 0.15) is 25.3 Å². The molecule has 3 rings (SSSR count). The fourth-order valence-electron chi connectivity index (χ4n) is 3.63. The zero-order chi connectivity index (χ0) is 24.7. The molecular formula is C23H29N3O7S. The molecule has 1 saturated heterocycles. The lowest BCUT2D eigenvalue weighted by Crippen LogP contribution is -2.42. The van der Waals surface area contributed by atoms with Crippen molar-refractivity contribution in [3.05, 3.63) is 42.0 Å². The third-order valence-electron chi connectivity index (χ3n) is 5.49. The number of amides is 1. The maximum absolute atomic E-state index is 13.0. The second-order valence-corrected chi connectivity index (χ2v) is 9.53. The predicted octanol–water partition coefficient (Wildman–Crippen LogP) is 2.36. The van der Waals surface area contributed by atoms with Gasteiger partial charge in [0, 0.05) is 25.1 Å². The van der Waals surface area contributed by atoms with Crippen molar-refractivity contribution in [3.63, 3.8) is 0 Å². The summed E-state index contributed by atoms with van der Waals surface area (Å²) in [6.07, 6.45) is 2.21. The highest BCUT2D eigenvalue weighted by Gasteiger charge is 2.32. The number of carbonyl (C=O) groups excluding carboxylic acids is 1. The molecule has 0 unspecified atom stereocenters. The number of sulfonamides is 1. The number of rotatable bonds is 9. The largest absolute Gasteiger partial charge is 0.504 e. The van der Waals surface area contributed by atoms with Crippen LogP contribution in [0.25, 0.3) is 0 Å². The van der Waals surface area contributed by atoms with Crippen LogP contribution < -0.4 is 19.6 Å². The maximum Gasteiger partial charge on any atom is 0.243 e. The van der Waals surface area contributed by atoms with E-state index < -0.39 is 10.0 Å². The van der Waals surface area contributed by atoms with Crippen LogP contribution in [0, 0.1) is 5.92 Å². The number of hydrogen-bond donors (Lipinski definition) is 2. The van der Waals surface area contributed by atoms with Crippen LogP contribution in [-0.2, 0) is 14.8 Å². The number of ether oxygens (including phenoxy) is 3. The molecule has 1 heterocycles. The molecule has 0 bridgehead atoms. The fraction of sp³-hybridized carbons (Fsp3) is 0.391. The Morgan fingerprint density at radius 2 is 1.82 bits per heavy atom. The Labute approximate surface area is 199 Å². The zero-order valence-electron chi connectivity index (χ0n) is 19.4. The van der Waals surface area contributed by atoms with Crippen molar-refractivity contribution in [3.8, 4) is 23.0 Å². The van der Waals surface area contributed by atoms with E-state index in [2.05, 4.69) is 10.5 Å². The van der Waals surface area contributed by atoms with E-state index in [0.717, 1.165) is 0 Å². The van der Waals surface area contributed by atoms with E-state index in [0.29, 0.717) is 42.3 Å². The van der Waals surface area contributed by atoms with E-state index in [1.807, 2.05) is 6.92 Å². The third-order valence-corrected chi connectivity index (χ3v) is 7.38. The molecule has 0 atom stereocenters. The molecule has 1 fully saturated rings. The van der Waals surface area contributed by atoms with Crippen molar-refractivity contribution >= 4 is 22.1 Å². The molecule has 2 aromatic rings. The summed E-state index contributed by atoms with van der Waals surface area (Å²) < 4.78 is 43.1. The number of hydrogen-bond acceptors (Lipinski definition) is 8. The Hall–Kier alpha value is -3.31. The van der Waals surface area contributed by atoms with E-state index in [1.165, 1.54) is 42.9 Å². The number of benzene rings is 2. The molecule has 1 amide bonds. The van der Waals surface area contributed by atoms with Gasteiger partial charge < -0.3 is 19.3 Å². The summed E-state index contributed by atoms with van der Waals surface area (Å²) in [6, 6.07) is 9.21. The molecule has 1 aliphatic heterocycles. The summed E-state index contributed by atoms with van der Waals surface area (Å²) in [7, 11) is -0.804. The lowest BCUT2D eigenvalue weighted by molar-refractivity contribution is -0.126. The summed E-state index contributed by atoms with van der Waals surface area (Å²) in [5.74, 6) is 0.506.